The number of hydrazine groups is 1. The number of benzene rings is 1. The molecule has 1 aromatic carbocycles. The van der Waals surface area contributed by atoms with Crippen molar-refractivity contribution in [2.75, 3.05) is 37.6 Å². The fraction of sp³-hybridized carbons (Fsp3) is 0.667. The summed E-state index contributed by atoms with van der Waals surface area (Å²) in [5.74, 6) is 0.140. The first-order chi connectivity index (χ1) is 13.4. The molecule has 0 aromatic heterocycles. The van der Waals surface area contributed by atoms with Gasteiger partial charge in [0, 0.05) is 43.5 Å². The van der Waals surface area contributed by atoms with Crippen LogP contribution in [0.1, 0.15) is 45.7 Å². The number of piperazine rings is 1. The molecule has 0 bridgehead atoms. The Balaban J connectivity index is 1.68. The lowest BCUT2D eigenvalue weighted by Crippen LogP contribution is -2.47. The van der Waals surface area contributed by atoms with Gasteiger partial charge in [-0.2, -0.15) is 0 Å². The van der Waals surface area contributed by atoms with E-state index in [-0.39, 0.29) is 29.8 Å². The van der Waals surface area contributed by atoms with Gasteiger partial charge in [0.1, 0.15) is 11.9 Å². The minimum atomic E-state index is -0.271. The molecule has 3 atom stereocenters. The van der Waals surface area contributed by atoms with Crippen LogP contribution in [-0.2, 0) is 4.79 Å². The van der Waals surface area contributed by atoms with E-state index in [0.29, 0.717) is 5.92 Å². The average Bonchev–Trinajstić information content (AvgIpc) is 3.19. The molecule has 0 radical (unpaired) electrons. The van der Waals surface area contributed by atoms with Crippen LogP contribution in [0.4, 0.5) is 10.1 Å². The van der Waals surface area contributed by atoms with Gasteiger partial charge in [-0.1, -0.05) is 20.8 Å². The zero-order valence-corrected chi connectivity index (χ0v) is 17.5. The van der Waals surface area contributed by atoms with Crippen LogP contribution in [0.5, 0.6) is 0 Å². The van der Waals surface area contributed by atoms with Crippen molar-refractivity contribution in [1.82, 2.24) is 21.1 Å². The van der Waals surface area contributed by atoms with E-state index in [1.165, 1.54) is 6.07 Å². The van der Waals surface area contributed by atoms with Crippen LogP contribution >= 0.6 is 0 Å². The molecule has 2 aliphatic rings. The van der Waals surface area contributed by atoms with Gasteiger partial charge in [0.25, 0.3) is 0 Å². The lowest BCUT2D eigenvalue weighted by molar-refractivity contribution is -0.123. The molecule has 3 unspecified atom stereocenters. The van der Waals surface area contributed by atoms with Gasteiger partial charge in [-0.25, -0.2) is 9.82 Å². The molecule has 2 fully saturated rings. The normalized spacial score (nSPS) is 24.6. The Kier molecular flexibility index (Phi) is 6.91. The second-order valence-electron chi connectivity index (χ2n) is 8.28. The topological polar surface area (TPSA) is 59.6 Å². The Labute approximate surface area is 167 Å². The third-order valence-corrected chi connectivity index (χ3v) is 6.03. The number of nitrogens with one attached hydrogen (secondary N) is 3. The summed E-state index contributed by atoms with van der Waals surface area (Å²) in [5, 5.41) is 3.08. The summed E-state index contributed by atoms with van der Waals surface area (Å²) in [5.41, 5.74) is 8.15. The Morgan fingerprint density at radius 2 is 1.93 bits per heavy atom. The average molecular weight is 392 g/mol. The molecule has 7 heteroatoms. The highest BCUT2D eigenvalue weighted by atomic mass is 19.1. The first kappa shape index (κ1) is 21.0. The van der Waals surface area contributed by atoms with E-state index in [4.69, 9.17) is 0 Å². The Morgan fingerprint density at radius 3 is 2.54 bits per heavy atom. The van der Waals surface area contributed by atoms with Crippen molar-refractivity contribution in [2.45, 2.75) is 52.2 Å². The maximum atomic E-state index is 14.0. The monoisotopic (exact) mass is 391 g/mol. The molecular weight excluding hydrogens is 357 g/mol. The van der Waals surface area contributed by atoms with E-state index in [1.807, 2.05) is 13.0 Å². The number of amides is 1. The third kappa shape index (κ3) is 4.82. The molecule has 156 valence electrons. The van der Waals surface area contributed by atoms with E-state index < -0.39 is 0 Å². The molecule has 3 rings (SSSR count). The number of hydrogen-bond donors (Lipinski definition) is 3. The molecule has 6 nitrogen and oxygen atoms in total. The van der Waals surface area contributed by atoms with Gasteiger partial charge in [0.2, 0.25) is 5.91 Å². The van der Waals surface area contributed by atoms with Gasteiger partial charge in [0.15, 0.2) is 0 Å². The zero-order chi connectivity index (χ0) is 20.3. The molecule has 0 spiro atoms. The number of likely N-dealkylation sites (N-methyl/N-ethyl adjacent to an activating group) is 1. The van der Waals surface area contributed by atoms with Crippen molar-refractivity contribution in [3.63, 3.8) is 0 Å². The van der Waals surface area contributed by atoms with Crippen LogP contribution in [0.2, 0.25) is 0 Å². The first-order valence-electron chi connectivity index (χ1n) is 10.5. The van der Waals surface area contributed by atoms with Crippen LogP contribution in [-0.4, -0.2) is 55.6 Å². The zero-order valence-electron chi connectivity index (χ0n) is 17.5. The number of carbonyl (C=O) groups is 1. The Hall–Kier alpha value is -1.70. The largest absolute Gasteiger partial charge is 0.369 e. The SMILES string of the molecule is CCN1CCN(c2ccc(F)cc2C(C)NC(=O)C2CC(C(C)C)NN2)CC1. The summed E-state index contributed by atoms with van der Waals surface area (Å²) in [6, 6.07) is 4.67. The van der Waals surface area contributed by atoms with Crippen LogP contribution in [0.15, 0.2) is 18.2 Å². The summed E-state index contributed by atoms with van der Waals surface area (Å²) < 4.78 is 14.0. The molecule has 0 saturated carbocycles. The molecule has 1 aromatic rings. The van der Waals surface area contributed by atoms with Crippen molar-refractivity contribution < 1.29 is 9.18 Å². The van der Waals surface area contributed by atoms with Crippen LogP contribution in [0, 0.1) is 11.7 Å². The number of halogens is 1. The van der Waals surface area contributed by atoms with E-state index >= 15 is 0 Å². The number of carbonyl (C=O) groups excluding carboxylic acids is 1. The molecule has 28 heavy (non-hydrogen) atoms. The van der Waals surface area contributed by atoms with Crippen LogP contribution in [0.3, 0.4) is 0 Å². The van der Waals surface area contributed by atoms with Gasteiger partial charge >= 0.3 is 0 Å². The van der Waals surface area contributed by atoms with E-state index in [1.54, 1.807) is 6.07 Å². The first-order valence-corrected chi connectivity index (χ1v) is 10.5. The predicted molar refractivity (Wildman–Crippen MR) is 111 cm³/mol. The predicted octanol–water partition coefficient (Wildman–Crippen LogP) is 2.04. The summed E-state index contributed by atoms with van der Waals surface area (Å²) in [7, 11) is 0. The molecular formula is C21H34FN5O. The lowest BCUT2D eigenvalue weighted by atomic mass is 9.98. The van der Waals surface area contributed by atoms with Gasteiger partial charge in [-0.05, 0) is 44.0 Å². The quantitative estimate of drug-likeness (QED) is 0.693. The number of anilines is 1. The van der Waals surface area contributed by atoms with E-state index in [9.17, 15) is 9.18 Å². The fourth-order valence-corrected chi connectivity index (χ4v) is 4.05. The van der Waals surface area contributed by atoms with Crippen molar-refractivity contribution in [3.05, 3.63) is 29.6 Å². The molecule has 2 saturated heterocycles. The molecule has 3 N–H and O–H groups in total. The van der Waals surface area contributed by atoms with Crippen molar-refractivity contribution in [3.8, 4) is 0 Å². The van der Waals surface area contributed by atoms with E-state index in [0.717, 1.165) is 50.4 Å². The van der Waals surface area contributed by atoms with Crippen LogP contribution in [0.25, 0.3) is 0 Å². The smallest absolute Gasteiger partial charge is 0.239 e. The lowest BCUT2D eigenvalue weighted by Gasteiger charge is -2.37. The standard InChI is InChI=1S/C21H34FN5O/c1-5-26-8-10-27(11-9-26)20-7-6-16(22)12-17(20)15(4)23-21(28)19-13-18(14(2)3)24-25-19/h6-7,12,14-15,18-19,24-25H,5,8-11,13H2,1-4H3,(H,23,28). The number of hydrogen-bond acceptors (Lipinski definition) is 5. The second-order valence-corrected chi connectivity index (χ2v) is 8.28. The molecule has 2 heterocycles. The number of rotatable bonds is 6. The number of nitrogens with zero attached hydrogens (tertiary/aromatic N) is 2. The van der Waals surface area contributed by atoms with Crippen LogP contribution < -0.4 is 21.1 Å². The summed E-state index contributed by atoms with van der Waals surface area (Å²) in [4.78, 5) is 17.4. The van der Waals surface area contributed by atoms with Crippen molar-refractivity contribution >= 4 is 11.6 Å². The van der Waals surface area contributed by atoms with Gasteiger partial charge < -0.3 is 15.1 Å². The van der Waals surface area contributed by atoms with Gasteiger partial charge in [0.05, 0.1) is 6.04 Å². The van der Waals surface area contributed by atoms with Gasteiger partial charge in [-0.15, -0.1) is 0 Å². The minimum Gasteiger partial charge on any atom is -0.369 e. The molecule has 2 aliphatic heterocycles. The Bertz CT molecular complexity index is 675. The highest BCUT2D eigenvalue weighted by Gasteiger charge is 2.32. The maximum absolute atomic E-state index is 14.0. The highest BCUT2D eigenvalue weighted by Crippen LogP contribution is 2.28. The van der Waals surface area contributed by atoms with Crippen molar-refractivity contribution in [2.24, 2.45) is 5.92 Å². The fourth-order valence-electron chi connectivity index (χ4n) is 4.05. The highest BCUT2D eigenvalue weighted by molar-refractivity contribution is 5.82. The molecule has 0 aliphatic carbocycles. The maximum Gasteiger partial charge on any atom is 0.239 e. The van der Waals surface area contributed by atoms with Gasteiger partial charge in [-0.3, -0.25) is 10.2 Å². The van der Waals surface area contributed by atoms with E-state index in [2.05, 4.69) is 46.7 Å². The van der Waals surface area contributed by atoms with Crippen molar-refractivity contribution in [1.29, 1.82) is 0 Å². The summed E-state index contributed by atoms with van der Waals surface area (Å²) >= 11 is 0. The minimum absolute atomic E-state index is 0.0471. The Morgan fingerprint density at radius 1 is 1.21 bits per heavy atom. The summed E-state index contributed by atoms with van der Waals surface area (Å²) in [6.45, 7) is 13.3. The second kappa shape index (κ2) is 9.20. The molecule has 1 amide bonds. The third-order valence-electron chi connectivity index (χ3n) is 6.03. The summed E-state index contributed by atoms with van der Waals surface area (Å²) in [6.07, 6.45) is 0.755.